The zero-order chi connectivity index (χ0) is 33.9. The average molecular weight is 683 g/mol. The normalized spacial score (nSPS) is 12.1. The van der Waals surface area contributed by atoms with Crippen LogP contribution in [0.4, 0.5) is 11.4 Å². The monoisotopic (exact) mass is 682 g/mol. The first kappa shape index (κ1) is 35.4. The third kappa shape index (κ3) is 8.77. The molecule has 0 bridgehead atoms. The third-order valence-corrected chi connectivity index (χ3v) is 10.7. The summed E-state index contributed by atoms with van der Waals surface area (Å²) in [4.78, 5) is 31.1. The van der Waals surface area contributed by atoms with Crippen LogP contribution in [0.2, 0.25) is 0 Å². The fourth-order valence-electron chi connectivity index (χ4n) is 5.80. The number of hydrogen-bond donors (Lipinski definition) is 2. The van der Waals surface area contributed by atoms with Crippen molar-refractivity contribution in [3.8, 4) is 11.5 Å². The van der Waals surface area contributed by atoms with Gasteiger partial charge in [-0.15, -0.1) is 0 Å². The molecule has 6 nitrogen and oxygen atoms in total. The first-order valence-electron chi connectivity index (χ1n) is 17.2. The zero-order valence-electron chi connectivity index (χ0n) is 28.0. The average Bonchev–Trinajstić information content (AvgIpc) is 3.09. The molecular weight excluding hydrogens is 637 g/mol. The Morgan fingerprint density at radius 2 is 0.958 bits per heavy atom. The highest BCUT2D eigenvalue weighted by molar-refractivity contribution is 8.00. The van der Waals surface area contributed by atoms with Crippen molar-refractivity contribution in [2.75, 3.05) is 24.7 Å². The Kier molecular flexibility index (Phi) is 12.9. The number of benzene rings is 4. The highest BCUT2D eigenvalue weighted by Gasteiger charge is 2.34. The molecule has 4 N–H and O–H groups in total. The van der Waals surface area contributed by atoms with Gasteiger partial charge in [0.2, 0.25) is 0 Å². The van der Waals surface area contributed by atoms with Crippen LogP contribution in [0.15, 0.2) is 92.4 Å². The predicted octanol–water partition coefficient (Wildman–Crippen LogP) is 10.6. The second-order valence-corrected chi connectivity index (χ2v) is 14.3. The van der Waals surface area contributed by atoms with Crippen LogP contribution in [-0.4, -0.2) is 24.8 Å². The Bertz CT molecular complexity index is 1620. The van der Waals surface area contributed by atoms with E-state index in [0.29, 0.717) is 56.6 Å². The van der Waals surface area contributed by atoms with E-state index in [-0.39, 0.29) is 11.6 Å². The summed E-state index contributed by atoms with van der Waals surface area (Å²) in [5, 5.41) is 0. The van der Waals surface area contributed by atoms with Crippen LogP contribution in [0.25, 0.3) is 0 Å². The van der Waals surface area contributed by atoms with E-state index in [1.54, 1.807) is 12.1 Å². The number of carbonyl (C=O) groups is 2. The molecule has 4 aromatic rings. The van der Waals surface area contributed by atoms with Crippen molar-refractivity contribution in [2.45, 2.75) is 97.6 Å². The summed E-state index contributed by atoms with van der Waals surface area (Å²) in [6.07, 6.45) is 11.7. The first-order chi connectivity index (χ1) is 23.4. The lowest BCUT2D eigenvalue weighted by Gasteiger charge is -2.22. The van der Waals surface area contributed by atoms with Gasteiger partial charge in [-0.05, 0) is 49.2 Å². The number of rotatable bonds is 18. The van der Waals surface area contributed by atoms with Crippen molar-refractivity contribution in [2.24, 2.45) is 0 Å². The standard InChI is InChI=1S/C40H46N2O4S2/c1-3-5-7-9-11-23-45-27-19-21-33(31(41)25-27)47-35-17-13-15-29-37(35)40(44)38-30(39(29)43)16-14-18-36(38)48-34-22-20-28(26-32(34)42)46-24-12-10-8-6-4-2/h13-22,25-26H,3-12,23-24,41-42H2,1-2H3. The van der Waals surface area contributed by atoms with Crippen molar-refractivity contribution in [1.82, 2.24) is 0 Å². The molecular formula is C40H46N2O4S2. The summed E-state index contributed by atoms with van der Waals surface area (Å²) < 4.78 is 11.9. The molecule has 0 aromatic heterocycles. The second kappa shape index (κ2) is 17.5. The zero-order valence-corrected chi connectivity index (χ0v) is 29.7. The number of unbranched alkanes of at least 4 members (excludes halogenated alkanes) is 8. The molecule has 0 heterocycles. The number of ketones is 2. The molecule has 48 heavy (non-hydrogen) atoms. The minimum Gasteiger partial charge on any atom is -0.494 e. The van der Waals surface area contributed by atoms with E-state index in [0.717, 1.165) is 47.0 Å². The molecule has 1 aliphatic carbocycles. The van der Waals surface area contributed by atoms with Gasteiger partial charge in [-0.1, -0.05) is 113 Å². The van der Waals surface area contributed by atoms with Gasteiger partial charge in [-0.3, -0.25) is 9.59 Å². The lowest BCUT2D eigenvalue weighted by Crippen LogP contribution is -2.22. The third-order valence-electron chi connectivity index (χ3n) is 8.43. The van der Waals surface area contributed by atoms with Crippen molar-refractivity contribution in [1.29, 1.82) is 0 Å². The topological polar surface area (TPSA) is 105 Å². The number of anilines is 2. The number of fused-ring (bicyclic) bond motifs is 2. The van der Waals surface area contributed by atoms with Crippen LogP contribution in [0, 0.1) is 0 Å². The molecule has 0 fully saturated rings. The van der Waals surface area contributed by atoms with E-state index in [2.05, 4.69) is 13.8 Å². The van der Waals surface area contributed by atoms with Crippen LogP contribution < -0.4 is 20.9 Å². The van der Waals surface area contributed by atoms with E-state index >= 15 is 0 Å². The lowest BCUT2D eigenvalue weighted by molar-refractivity contribution is 0.0974. The highest BCUT2D eigenvalue weighted by Crippen LogP contribution is 2.43. The number of hydrogen-bond acceptors (Lipinski definition) is 8. The summed E-state index contributed by atoms with van der Waals surface area (Å²) >= 11 is 2.77. The summed E-state index contributed by atoms with van der Waals surface area (Å²) in [5.41, 5.74) is 15.6. The molecule has 0 radical (unpaired) electrons. The van der Waals surface area contributed by atoms with Crippen LogP contribution >= 0.6 is 23.5 Å². The lowest BCUT2D eigenvalue weighted by atomic mass is 9.84. The van der Waals surface area contributed by atoms with Gasteiger partial charge in [0.15, 0.2) is 11.6 Å². The molecule has 5 rings (SSSR count). The summed E-state index contributed by atoms with van der Waals surface area (Å²) in [7, 11) is 0. The highest BCUT2D eigenvalue weighted by atomic mass is 32.2. The minimum atomic E-state index is -0.186. The number of nitrogens with two attached hydrogens (primary N) is 2. The largest absolute Gasteiger partial charge is 0.494 e. The maximum atomic E-state index is 14.3. The van der Waals surface area contributed by atoms with E-state index < -0.39 is 0 Å². The predicted molar refractivity (Wildman–Crippen MR) is 198 cm³/mol. The quantitative estimate of drug-likeness (QED) is 0.0695. The molecule has 1 aliphatic rings. The fourth-order valence-corrected chi connectivity index (χ4v) is 7.80. The van der Waals surface area contributed by atoms with E-state index in [1.165, 1.54) is 62.0 Å². The Balaban J connectivity index is 1.31. The SMILES string of the molecule is CCCCCCCOc1ccc(Sc2cccc3c2C(=O)c2c(Sc4ccc(OCCCCCCC)cc4N)cccc2C3=O)c(N)c1. The van der Waals surface area contributed by atoms with Gasteiger partial charge >= 0.3 is 0 Å². The molecule has 0 aliphatic heterocycles. The maximum absolute atomic E-state index is 14.3. The molecule has 4 aromatic carbocycles. The van der Waals surface area contributed by atoms with Gasteiger partial charge in [-0.25, -0.2) is 0 Å². The van der Waals surface area contributed by atoms with Gasteiger partial charge < -0.3 is 20.9 Å². The van der Waals surface area contributed by atoms with Gasteiger partial charge in [0.05, 0.1) is 13.2 Å². The van der Waals surface area contributed by atoms with Gasteiger partial charge in [0.25, 0.3) is 0 Å². The smallest absolute Gasteiger partial charge is 0.196 e. The van der Waals surface area contributed by atoms with E-state index in [1.807, 2.05) is 60.7 Å². The van der Waals surface area contributed by atoms with E-state index in [4.69, 9.17) is 20.9 Å². The summed E-state index contributed by atoms with van der Waals surface area (Å²) in [5.74, 6) is 1.10. The van der Waals surface area contributed by atoms with Crippen LogP contribution in [0.1, 0.15) is 110 Å². The van der Waals surface area contributed by atoms with Crippen molar-refractivity contribution in [3.63, 3.8) is 0 Å². The Morgan fingerprint density at radius 3 is 1.38 bits per heavy atom. The Hall–Kier alpha value is -3.88. The summed E-state index contributed by atoms with van der Waals surface area (Å²) in [6, 6.07) is 22.1. The van der Waals surface area contributed by atoms with Gasteiger partial charge in [0, 0.05) is 65.3 Å². The summed E-state index contributed by atoms with van der Waals surface area (Å²) in [6.45, 7) is 5.72. The molecule has 252 valence electrons. The fraction of sp³-hybridized carbons (Fsp3) is 0.350. The van der Waals surface area contributed by atoms with E-state index in [9.17, 15) is 9.59 Å². The van der Waals surface area contributed by atoms with Crippen LogP contribution in [0.5, 0.6) is 11.5 Å². The molecule has 0 amide bonds. The molecule has 0 saturated heterocycles. The van der Waals surface area contributed by atoms with Crippen molar-refractivity contribution >= 4 is 46.5 Å². The molecule has 0 atom stereocenters. The number of nitrogen functional groups attached to an aromatic ring is 2. The molecule has 0 saturated carbocycles. The minimum absolute atomic E-state index is 0.171. The molecule has 8 heteroatoms. The maximum Gasteiger partial charge on any atom is 0.196 e. The number of carbonyl (C=O) groups excluding carboxylic acids is 2. The Labute approximate surface area is 293 Å². The van der Waals surface area contributed by atoms with Gasteiger partial charge in [-0.2, -0.15) is 0 Å². The number of ether oxygens (including phenoxy) is 2. The molecule has 0 unspecified atom stereocenters. The van der Waals surface area contributed by atoms with Crippen LogP contribution in [0.3, 0.4) is 0 Å². The second-order valence-electron chi connectivity index (χ2n) is 12.1. The van der Waals surface area contributed by atoms with Gasteiger partial charge in [0.1, 0.15) is 11.5 Å². The first-order valence-corrected chi connectivity index (χ1v) is 18.8. The Morgan fingerprint density at radius 1 is 0.521 bits per heavy atom. The van der Waals surface area contributed by atoms with Crippen LogP contribution in [-0.2, 0) is 0 Å². The molecule has 0 spiro atoms. The van der Waals surface area contributed by atoms with Crippen molar-refractivity contribution < 1.29 is 19.1 Å². The van der Waals surface area contributed by atoms with Crippen molar-refractivity contribution in [3.05, 3.63) is 95.1 Å².